The molecule has 188 valence electrons. The standard InChI is InChI=1S/C25H27FN6O3S/c1-31-9-11-32(12-10-31)36(33,34)23-5-3-17(13-21(23)26)18-14-22-25(28-16-18)30-24(29-22)6-4-19-15-20(35-2)7-8-27-19/h3,5,7-8,13-16H,4,6,9-12H2,1-2H3,(H,28,29,30). The van der Waals surface area contributed by atoms with Crippen LogP contribution in [0, 0.1) is 5.82 Å². The molecule has 1 aliphatic heterocycles. The fraction of sp³-hybridized carbons (Fsp3) is 0.320. The molecule has 1 saturated heterocycles. The Hall–Kier alpha value is -3.41. The van der Waals surface area contributed by atoms with Crippen LogP contribution >= 0.6 is 0 Å². The second-order valence-corrected chi connectivity index (χ2v) is 10.7. The van der Waals surface area contributed by atoms with E-state index in [1.165, 1.54) is 16.4 Å². The maximum absolute atomic E-state index is 15.0. The number of nitrogens with one attached hydrogen (secondary N) is 1. The van der Waals surface area contributed by atoms with E-state index < -0.39 is 15.8 Å². The van der Waals surface area contributed by atoms with Gasteiger partial charge in [0.05, 0.1) is 12.6 Å². The van der Waals surface area contributed by atoms with Crippen molar-refractivity contribution in [3.63, 3.8) is 0 Å². The van der Waals surface area contributed by atoms with E-state index >= 15 is 4.39 Å². The Morgan fingerprint density at radius 1 is 1.03 bits per heavy atom. The topological polar surface area (TPSA) is 104 Å². The zero-order valence-electron chi connectivity index (χ0n) is 20.1. The zero-order valence-corrected chi connectivity index (χ0v) is 20.9. The molecule has 3 aromatic heterocycles. The summed E-state index contributed by atoms with van der Waals surface area (Å²) in [5.74, 6) is 0.743. The Labute approximate surface area is 209 Å². The van der Waals surface area contributed by atoms with Gasteiger partial charge in [-0.2, -0.15) is 4.31 Å². The lowest BCUT2D eigenvalue weighted by atomic mass is 10.1. The highest BCUT2D eigenvalue weighted by atomic mass is 32.2. The first-order valence-corrected chi connectivity index (χ1v) is 13.1. The number of likely N-dealkylation sites (N-methyl/N-ethyl adjacent to an activating group) is 1. The van der Waals surface area contributed by atoms with E-state index in [1.807, 2.05) is 24.1 Å². The van der Waals surface area contributed by atoms with E-state index in [2.05, 4.69) is 19.9 Å². The average Bonchev–Trinajstić information content (AvgIpc) is 3.30. The third-order valence-corrected chi connectivity index (χ3v) is 8.31. The van der Waals surface area contributed by atoms with Crippen molar-refractivity contribution in [2.24, 2.45) is 0 Å². The van der Waals surface area contributed by atoms with Crippen molar-refractivity contribution >= 4 is 21.2 Å². The number of methoxy groups -OCH3 is 1. The summed E-state index contributed by atoms with van der Waals surface area (Å²) in [5, 5.41) is 0. The van der Waals surface area contributed by atoms with Crippen LogP contribution in [0.15, 0.2) is 53.7 Å². The van der Waals surface area contributed by atoms with Gasteiger partial charge in [0.15, 0.2) is 5.65 Å². The van der Waals surface area contributed by atoms with E-state index in [4.69, 9.17) is 4.74 Å². The first kappa shape index (κ1) is 24.3. The SMILES string of the molecule is COc1ccnc(CCc2nc3ncc(-c4ccc(S(=O)(=O)N5CCN(C)CC5)c(F)c4)cc3[nH]2)c1. The van der Waals surface area contributed by atoms with E-state index in [1.54, 1.807) is 31.6 Å². The monoisotopic (exact) mass is 510 g/mol. The molecule has 5 rings (SSSR count). The van der Waals surface area contributed by atoms with Gasteiger partial charge in [-0.3, -0.25) is 4.98 Å². The number of ether oxygens (including phenoxy) is 1. The molecule has 1 fully saturated rings. The van der Waals surface area contributed by atoms with Crippen LogP contribution in [0.5, 0.6) is 5.75 Å². The molecular formula is C25H27FN6O3S. The molecule has 0 radical (unpaired) electrons. The molecule has 0 saturated carbocycles. The molecule has 1 N–H and O–H groups in total. The van der Waals surface area contributed by atoms with Crippen molar-refractivity contribution in [2.75, 3.05) is 40.3 Å². The number of aryl methyl sites for hydroxylation is 2. The van der Waals surface area contributed by atoms with Gasteiger partial charge in [0.25, 0.3) is 0 Å². The van der Waals surface area contributed by atoms with Crippen LogP contribution in [-0.4, -0.2) is 77.9 Å². The molecule has 0 unspecified atom stereocenters. The fourth-order valence-corrected chi connectivity index (χ4v) is 5.72. The first-order chi connectivity index (χ1) is 17.3. The minimum absolute atomic E-state index is 0.306. The summed E-state index contributed by atoms with van der Waals surface area (Å²) in [6.45, 7) is 1.92. The van der Waals surface area contributed by atoms with Crippen LogP contribution in [0.4, 0.5) is 4.39 Å². The largest absolute Gasteiger partial charge is 0.497 e. The number of piperazine rings is 1. The summed E-state index contributed by atoms with van der Waals surface area (Å²) in [6.07, 6.45) is 4.64. The minimum Gasteiger partial charge on any atom is -0.497 e. The number of rotatable bonds is 7. The molecule has 4 aromatic rings. The van der Waals surface area contributed by atoms with Gasteiger partial charge >= 0.3 is 0 Å². The number of sulfonamides is 1. The molecule has 11 heteroatoms. The summed E-state index contributed by atoms with van der Waals surface area (Å²) in [5.41, 5.74) is 3.37. The number of pyridine rings is 2. The normalized spacial score (nSPS) is 15.4. The zero-order chi connectivity index (χ0) is 25.3. The number of H-pyrrole nitrogens is 1. The van der Waals surface area contributed by atoms with Gasteiger partial charge in [-0.25, -0.2) is 22.8 Å². The summed E-state index contributed by atoms with van der Waals surface area (Å²) in [4.78, 5) is 18.3. The van der Waals surface area contributed by atoms with Crippen molar-refractivity contribution in [3.05, 3.63) is 66.1 Å². The Kier molecular flexibility index (Phi) is 6.69. The molecule has 1 aliphatic rings. The second-order valence-electron chi connectivity index (χ2n) is 8.82. The fourth-order valence-electron chi connectivity index (χ4n) is 4.25. The number of fused-ring (bicyclic) bond motifs is 1. The van der Waals surface area contributed by atoms with Gasteiger partial charge in [0.1, 0.15) is 22.3 Å². The van der Waals surface area contributed by atoms with Gasteiger partial charge in [-0.1, -0.05) is 6.07 Å². The number of aromatic amines is 1. The predicted octanol–water partition coefficient (Wildman–Crippen LogP) is 2.89. The smallest absolute Gasteiger partial charge is 0.246 e. The maximum Gasteiger partial charge on any atom is 0.246 e. The van der Waals surface area contributed by atoms with Crippen molar-refractivity contribution in [1.29, 1.82) is 0 Å². The third-order valence-electron chi connectivity index (χ3n) is 6.37. The molecule has 0 aliphatic carbocycles. The van der Waals surface area contributed by atoms with Crippen LogP contribution in [0.25, 0.3) is 22.3 Å². The van der Waals surface area contributed by atoms with Crippen LogP contribution in [0.3, 0.4) is 0 Å². The van der Waals surface area contributed by atoms with Crippen LogP contribution in [0.1, 0.15) is 11.5 Å². The van der Waals surface area contributed by atoms with Crippen LogP contribution < -0.4 is 4.74 Å². The van der Waals surface area contributed by atoms with Crippen molar-refractivity contribution < 1.29 is 17.5 Å². The Morgan fingerprint density at radius 3 is 2.58 bits per heavy atom. The average molecular weight is 511 g/mol. The molecule has 0 bridgehead atoms. The number of imidazole rings is 1. The van der Waals surface area contributed by atoms with Gasteiger partial charge in [-0.15, -0.1) is 0 Å². The third kappa shape index (κ3) is 4.95. The Balaban J connectivity index is 1.34. The minimum atomic E-state index is -3.89. The maximum atomic E-state index is 15.0. The number of aromatic nitrogens is 4. The van der Waals surface area contributed by atoms with Crippen molar-refractivity contribution in [2.45, 2.75) is 17.7 Å². The van der Waals surface area contributed by atoms with Gasteiger partial charge < -0.3 is 14.6 Å². The second kappa shape index (κ2) is 9.92. The Bertz CT molecular complexity index is 1500. The summed E-state index contributed by atoms with van der Waals surface area (Å²) in [6, 6.07) is 9.72. The van der Waals surface area contributed by atoms with E-state index in [-0.39, 0.29) is 4.90 Å². The van der Waals surface area contributed by atoms with Crippen molar-refractivity contribution in [3.8, 4) is 16.9 Å². The van der Waals surface area contributed by atoms with Crippen LogP contribution in [0.2, 0.25) is 0 Å². The lowest BCUT2D eigenvalue weighted by Crippen LogP contribution is -2.47. The van der Waals surface area contributed by atoms with Crippen molar-refractivity contribution in [1.82, 2.24) is 29.1 Å². The summed E-state index contributed by atoms with van der Waals surface area (Å²) >= 11 is 0. The number of hydrogen-bond donors (Lipinski definition) is 1. The molecule has 0 atom stereocenters. The molecule has 1 aromatic carbocycles. The predicted molar refractivity (Wildman–Crippen MR) is 134 cm³/mol. The molecule has 0 amide bonds. The molecular weight excluding hydrogens is 483 g/mol. The number of benzene rings is 1. The molecule has 36 heavy (non-hydrogen) atoms. The summed E-state index contributed by atoms with van der Waals surface area (Å²) < 4.78 is 47.5. The van der Waals surface area contributed by atoms with E-state index in [9.17, 15) is 8.42 Å². The summed E-state index contributed by atoms with van der Waals surface area (Å²) in [7, 11) is -0.339. The van der Waals surface area contributed by atoms with Gasteiger partial charge in [0.2, 0.25) is 10.0 Å². The number of halogens is 1. The van der Waals surface area contributed by atoms with E-state index in [0.29, 0.717) is 55.8 Å². The van der Waals surface area contributed by atoms with Gasteiger partial charge in [0, 0.05) is 62.3 Å². The number of hydrogen-bond acceptors (Lipinski definition) is 7. The van der Waals surface area contributed by atoms with Gasteiger partial charge in [-0.05, 0) is 43.3 Å². The molecule has 4 heterocycles. The lowest BCUT2D eigenvalue weighted by Gasteiger charge is -2.31. The van der Waals surface area contributed by atoms with Crippen LogP contribution in [-0.2, 0) is 22.9 Å². The highest BCUT2D eigenvalue weighted by molar-refractivity contribution is 7.89. The highest BCUT2D eigenvalue weighted by Gasteiger charge is 2.30. The lowest BCUT2D eigenvalue weighted by molar-refractivity contribution is 0.222. The molecule has 9 nitrogen and oxygen atoms in total. The Morgan fingerprint density at radius 2 is 1.83 bits per heavy atom. The number of nitrogens with zero attached hydrogens (tertiary/aromatic N) is 5. The first-order valence-electron chi connectivity index (χ1n) is 11.7. The highest BCUT2D eigenvalue weighted by Crippen LogP contribution is 2.27. The molecule has 0 spiro atoms. The quantitative estimate of drug-likeness (QED) is 0.408. The van der Waals surface area contributed by atoms with E-state index in [0.717, 1.165) is 22.8 Å².